The van der Waals surface area contributed by atoms with Gasteiger partial charge in [-0.1, -0.05) is 25.1 Å². The Morgan fingerprint density at radius 3 is 2.73 bits per heavy atom. The number of ether oxygens (including phenoxy) is 1. The minimum absolute atomic E-state index is 0.0387. The summed E-state index contributed by atoms with van der Waals surface area (Å²) in [5.41, 5.74) is 1.61. The summed E-state index contributed by atoms with van der Waals surface area (Å²) in [6.45, 7) is 4.42. The van der Waals surface area contributed by atoms with Gasteiger partial charge < -0.3 is 19.9 Å². The minimum Gasteiger partial charge on any atom is -0.383 e. The zero-order chi connectivity index (χ0) is 18.5. The van der Waals surface area contributed by atoms with Gasteiger partial charge in [0.05, 0.1) is 6.61 Å². The van der Waals surface area contributed by atoms with Gasteiger partial charge in [0.25, 0.3) is 5.91 Å². The van der Waals surface area contributed by atoms with E-state index in [1.807, 2.05) is 42.2 Å². The molecule has 1 atom stereocenters. The molecule has 1 fully saturated rings. The van der Waals surface area contributed by atoms with E-state index in [1.165, 1.54) is 0 Å². The van der Waals surface area contributed by atoms with Crippen molar-refractivity contribution in [3.8, 4) is 0 Å². The standard InChI is InChI=1S/C20H27N3O3/c1-14(19(24)21-9-12-26-2)15-7-10-23(11-8-15)20(25)18-13-16-5-3-4-6-17(16)22-18/h3-6,13-15,22H,7-12H2,1-2H3,(H,21,24)/t14-/m1/s1. The first-order valence-electron chi connectivity index (χ1n) is 9.24. The van der Waals surface area contributed by atoms with Gasteiger partial charge in [0.2, 0.25) is 5.91 Å². The number of hydrogen-bond acceptors (Lipinski definition) is 3. The maximum Gasteiger partial charge on any atom is 0.270 e. The number of rotatable bonds is 6. The third-order valence-corrected chi connectivity index (χ3v) is 5.31. The normalized spacial score (nSPS) is 16.6. The van der Waals surface area contributed by atoms with E-state index in [-0.39, 0.29) is 17.7 Å². The highest BCUT2D eigenvalue weighted by molar-refractivity contribution is 5.98. The smallest absolute Gasteiger partial charge is 0.270 e. The van der Waals surface area contributed by atoms with Crippen LogP contribution in [0.25, 0.3) is 10.9 Å². The summed E-state index contributed by atoms with van der Waals surface area (Å²) < 4.78 is 4.96. The molecule has 140 valence electrons. The van der Waals surface area contributed by atoms with Gasteiger partial charge in [-0.05, 0) is 30.9 Å². The Labute approximate surface area is 153 Å². The van der Waals surface area contributed by atoms with E-state index in [4.69, 9.17) is 4.74 Å². The number of benzene rings is 1. The zero-order valence-electron chi connectivity index (χ0n) is 15.5. The molecule has 6 heteroatoms. The van der Waals surface area contributed by atoms with Gasteiger partial charge in [-0.3, -0.25) is 9.59 Å². The van der Waals surface area contributed by atoms with Crippen molar-refractivity contribution < 1.29 is 14.3 Å². The predicted molar refractivity (Wildman–Crippen MR) is 101 cm³/mol. The first kappa shape index (κ1) is 18.5. The molecule has 1 aliphatic rings. The number of carbonyl (C=O) groups excluding carboxylic acids is 2. The summed E-state index contributed by atoms with van der Waals surface area (Å²) in [4.78, 5) is 30.0. The fourth-order valence-corrected chi connectivity index (χ4v) is 3.61. The molecule has 0 spiro atoms. The largest absolute Gasteiger partial charge is 0.383 e. The maximum absolute atomic E-state index is 12.8. The minimum atomic E-state index is -0.0443. The monoisotopic (exact) mass is 357 g/mol. The van der Waals surface area contributed by atoms with Crippen LogP contribution in [0.15, 0.2) is 30.3 Å². The Bertz CT molecular complexity index is 730. The number of likely N-dealkylation sites (tertiary alicyclic amines) is 1. The molecule has 6 nitrogen and oxygen atoms in total. The first-order valence-corrected chi connectivity index (χ1v) is 9.24. The highest BCUT2D eigenvalue weighted by atomic mass is 16.5. The SMILES string of the molecule is COCCNC(=O)[C@H](C)C1CCN(C(=O)c2cc3ccccc3[nH]2)CC1. The number of H-pyrrole nitrogens is 1. The molecule has 1 saturated heterocycles. The second-order valence-corrected chi connectivity index (χ2v) is 6.97. The van der Waals surface area contributed by atoms with E-state index in [0.29, 0.717) is 37.9 Å². The molecule has 26 heavy (non-hydrogen) atoms. The maximum atomic E-state index is 12.8. The second kappa shape index (κ2) is 8.36. The lowest BCUT2D eigenvalue weighted by Crippen LogP contribution is -2.43. The lowest BCUT2D eigenvalue weighted by Gasteiger charge is -2.34. The molecular formula is C20H27N3O3. The summed E-state index contributed by atoms with van der Waals surface area (Å²) >= 11 is 0. The Morgan fingerprint density at radius 1 is 1.31 bits per heavy atom. The van der Waals surface area contributed by atoms with Crippen LogP contribution >= 0.6 is 0 Å². The van der Waals surface area contributed by atoms with Crippen LogP contribution in [0.2, 0.25) is 0 Å². The number of nitrogens with one attached hydrogen (secondary N) is 2. The van der Waals surface area contributed by atoms with Gasteiger partial charge in [0.1, 0.15) is 5.69 Å². The van der Waals surface area contributed by atoms with Crippen LogP contribution in [0.1, 0.15) is 30.3 Å². The molecule has 2 N–H and O–H groups in total. The van der Waals surface area contributed by atoms with E-state index in [0.717, 1.165) is 23.7 Å². The lowest BCUT2D eigenvalue weighted by molar-refractivity contribution is -0.126. The number of carbonyl (C=O) groups is 2. The second-order valence-electron chi connectivity index (χ2n) is 6.97. The molecule has 2 heterocycles. The van der Waals surface area contributed by atoms with Crippen LogP contribution in [0.3, 0.4) is 0 Å². The highest BCUT2D eigenvalue weighted by Crippen LogP contribution is 2.26. The van der Waals surface area contributed by atoms with E-state index in [9.17, 15) is 9.59 Å². The number of fused-ring (bicyclic) bond motifs is 1. The number of aromatic amines is 1. The molecule has 2 aromatic rings. The Balaban J connectivity index is 1.54. The van der Waals surface area contributed by atoms with Gasteiger partial charge in [-0.25, -0.2) is 0 Å². The topological polar surface area (TPSA) is 74.4 Å². The number of aromatic nitrogens is 1. The summed E-state index contributed by atoms with van der Waals surface area (Å²) in [5, 5.41) is 3.95. The number of methoxy groups -OCH3 is 1. The highest BCUT2D eigenvalue weighted by Gasteiger charge is 2.30. The lowest BCUT2D eigenvalue weighted by atomic mass is 9.85. The van der Waals surface area contributed by atoms with Crippen LogP contribution in [0.4, 0.5) is 0 Å². The molecule has 0 unspecified atom stereocenters. The number of piperidine rings is 1. The molecule has 1 aromatic heterocycles. The van der Waals surface area contributed by atoms with Gasteiger partial charge in [-0.15, -0.1) is 0 Å². The van der Waals surface area contributed by atoms with E-state index in [2.05, 4.69) is 10.3 Å². The van der Waals surface area contributed by atoms with Gasteiger partial charge in [-0.2, -0.15) is 0 Å². The molecule has 1 aliphatic heterocycles. The van der Waals surface area contributed by atoms with Crippen LogP contribution in [-0.2, 0) is 9.53 Å². The molecule has 0 bridgehead atoms. The van der Waals surface area contributed by atoms with E-state index >= 15 is 0 Å². The molecule has 0 saturated carbocycles. The van der Waals surface area contributed by atoms with Crippen molar-refractivity contribution in [2.75, 3.05) is 33.4 Å². The van der Waals surface area contributed by atoms with Gasteiger partial charge in [0.15, 0.2) is 0 Å². The van der Waals surface area contributed by atoms with Crippen molar-refractivity contribution in [1.82, 2.24) is 15.2 Å². The molecule has 0 radical (unpaired) electrons. The summed E-state index contributed by atoms with van der Waals surface area (Å²) in [5.74, 6) is 0.376. The third-order valence-electron chi connectivity index (χ3n) is 5.31. The van der Waals surface area contributed by atoms with Crippen molar-refractivity contribution in [3.63, 3.8) is 0 Å². The average Bonchev–Trinajstić information content (AvgIpc) is 3.11. The molecule has 3 rings (SSSR count). The van der Waals surface area contributed by atoms with E-state index < -0.39 is 0 Å². The van der Waals surface area contributed by atoms with Crippen molar-refractivity contribution in [2.24, 2.45) is 11.8 Å². The zero-order valence-corrected chi connectivity index (χ0v) is 15.5. The summed E-state index contributed by atoms with van der Waals surface area (Å²) in [6.07, 6.45) is 1.70. The fraction of sp³-hybridized carbons (Fsp3) is 0.500. The number of amides is 2. The van der Waals surface area contributed by atoms with Crippen LogP contribution in [-0.4, -0.2) is 55.0 Å². The predicted octanol–water partition coefficient (Wildman–Crippen LogP) is 2.42. The van der Waals surface area contributed by atoms with Crippen molar-refractivity contribution in [1.29, 1.82) is 0 Å². The summed E-state index contributed by atoms with van der Waals surface area (Å²) in [6, 6.07) is 9.81. The first-order chi connectivity index (χ1) is 12.6. The van der Waals surface area contributed by atoms with Crippen LogP contribution in [0, 0.1) is 11.8 Å². The number of nitrogens with zero attached hydrogens (tertiary/aromatic N) is 1. The fourth-order valence-electron chi connectivity index (χ4n) is 3.61. The van der Waals surface area contributed by atoms with Crippen LogP contribution < -0.4 is 5.32 Å². The third kappa shape index (κ3) is 4.07. The quantitative estimate of drug-likeness (QED) is 0.780. The Hall–Kier alpha value is -2.34. The van der Waals surface area contributed by atoms with E-state index in [1.54, 1.807) is 7.11 Å². The number of hydrogen-bond donors (Lipinski definition) is 2. The number of para-hydroxylation sites is 1. The Morgan fingerprint density at radius 2 is 2.04 bits per heavy atom. The van der Waals surface area contributed by atoms with Crippen molar-refractivity contribution in [3.05, 3.63) is 36.0 Å². The molecular weight excluding hydrogens is 330 g/mol. The Kier molecular flexibility index (Phi) is 5.93. The summed E-state index contributed by atoms with van der Waals surface area (Å²) in [7, 11) is 1.62. The van der Waals surface area contributed by atoms with Crippen molar-refractivity contribution in [2.45, 2.75) is 19.8 Å². The van der Waals surface area contributed by atoms with Gasteiger partial charge >= 0.3 is 0 Å². The van der Waals surface area contributed by atoms with Gasteiger partial charge in [0, 0.05) is 43.6 Å². The van der Waals surface area contributed by atoms with Crippen molar-refractivity contribution >= 4 is 22.7 Å². The molecule has 2 amide bonds. The molecule has 1 aromatic carbocycles. The molecule has 0 aliphatic carbocycles. The van der Waals surface area contributed by atoms with Crippen LogP contribution in [0.5, 0.6) is 0 Å². The average molecular weight is 357 g/mol.